The van der Waals surface area contributed by atoms with Gasteiger partial charge >= 0.3 is 6.09 Å². The molecule has 0 unspecified atom stereocenters. The number of carbonyl (C=O) groups excluding carboxylic acids is 3. The highest BCUT2D eigenvalue weighted by Gasteiger charge is 2.39. The molecule has 0 N–H and O–H groups in total. The Hall–Kier alpha value is -2.61. The summed E-state index contributed by atoms with van der Waals surface area (Å²) in [6, 6.07) is 6.80. The Morgan fingerprint density at radius 1 is 1.00 bits per heavy atom. The van der Waals surface area contributed by atoms with Crippen molar-refractivity contribution in [3.8, 4) is 5.75 Å². The Bertz CT molecular complexity index is 825. The van der Waals surface area contributed by atoms with Gasteiger partial charge in [0.25, 0.3) is 0 Å². The fraction of sp³-hybridized carbons (Fsp3) is 0.640. The van der Waals surface area contributed by atoms with E-state index in [1.807, 2.05) is 37.8 Å². The lowest BCUT2D eigenvalue weighted by molar-refractivity contribution is -0.137. The van der Waals surface area contributed by atoms with Gasteiger partial charge in [0.2, 0.25) is 5.91 Å². The first-order chi connectivity index (χ1) is 15.6. The third kappa shape index (κ3) is 7.19. The second-order valence-electron chi connectivity index (χ2n) is 9.78. The van der Waals surface area contributed by atoms with E-state index in [2.05, 4.69) is 4.90 Å². The van der Waals surface area contributed by atoms with Crippen LogP contribution in [0.5, 0.6) is 5.75 Å². The van der Waals surface area contributed by atoms with E-state index in [1.165, 1.54) is 0 Å². The molecule has 2 amide bonds. The standard InChI is InChI=1S/C25H37N3O5/c1-19(29)20-8-10-21(11-9-20)32-18-6-12-26-14-16-27(17-15-26)23(30)22-7-5-13-28(22)24(31)33-25(2,3)4/h8-11,22H,5-7,12-18H2,1-4H3/t22-/m1/s1. The molecule has 2 aliphatic rings. The summed E-state index contributed by atoms with van der Waals surface area (Å²) >= 11 is 0. The predicted octanol–water partition coefficient (Wildman–Crippen LogP) is 3.20. The molecular formula is C25H37N3O5. The highest BCUT2D eigenvalue weighted by molar-refractivity contribution is 5.94. The molecule has 2 aliphatic heterocycles. The van der Waals surface area contributed by atoms with Crippen LogP contribution in [0.15, 0.2) is 24.3 Å². The number of hydrogen-bond donors (Lipinski definition) is 0. The Kier molecular flexibility index (Phi) is 8.35. The van der Waals surface area contributed by atoms with Gasteiger partial charge < -0.3 is 14.4 Å². The van der Waals surface area contributed by atoms with Crippen LogP contribution in [0.3, 0.4) is 0 Å². The number of likely N-dealkylation sites (tertiary alicyclic amines) is 1. The Morgan fingerprint density at radius 3 is 2.27 bits per heavy atom. The maximum atomic E-state index is 13.1. The van der Waals surface area contributed by atoms with E-state index in [9.17, 15) is 14.4 Å². The Balaban J connectivity index is 1.38. The minimum absolute atomic E-state index is 0.0374. The van der Waals surface area contributed by atoms with E-state index >= 15 is 0 Å². The van der Waals surface area contributed by atoms with Crippen molar-refractivity contribution < 1.29 is 23.9 Å². The van der Waals surface area contributed by atoms with Gasteiger partial charge in [0.15, 0.2) is 5.78 Å². The van der Waals surface area contributed by atoms with E-state index in [4.69, 9.17) is 9.47 Å². The second-order valence-corrected chi connectivity index (χ2v) is 9.78. The van der Waals surface area contributed by atoms with Crippen LogP contribution in [-0.2, 0) is 9.53 Å². The molecule has 1 aromatic carbocycles. The van der Waals surface area contributed by atoms with Gasteiger partial charge in [0, 0.05) is 44.8 Å². The number of carbonyl (C=O) groups is 3. The highest BCUT2D eigenvalue weighted by Crippen LogP contribution is 2.23. The first-order valence-corrected chi connectivity index (χ1v) is 11.9. The molecule has 1 aromatic rings. The highest BCUT2D eigenvalue weighted by atomic mass is 16.6. The number of ether oxygens (including phenoxy) is 2. The van der Waals surface area contributed by atoms with Gasteiger partial charge in [-0.1, -0.05) is 0 Å². The molecule has 0 aromatic heterocycles. The van der Waals surface area contributed by atoms with Gasteiger partial charge in [-0.2, -0.15) is 0 Å². The molecule has 0 radical (unpaired) electrons. The molecule has 8 nitrogen and oxygen atoms in total. The third-order valence-electron chi connectivity index (χ3n) is 6.00. The van der Waals surface area contributed by atoms with Crippen LogP contribution >= 0.6 is 0 Å². The maximum Gasteiger partial charge on any atom is 0.410 e. The molecule has 1 atom stereocenters. The van der Waals surface area contributed by atoms with Gasteiger partial charge in [-0.05, 0) is 71.2 Å². The second kappa shape index (κ2) is 11.0. The summed E-state index contributed by atoms with van der Waals surface area (Å²) in [4.78, 5) is 42.7. The van der Waals surface area contributed by atoms with Crippen molar-refractivity contribution in [1.29, 1.82) is 0 Å². The van der Waals surface area contributed by atoms with Gasteiger partial charge in [-0.3, -0.25) is 19.4 Å². The van der Waals surface area contributed by atoms with Crippen molar-refractivity contribution in [1.82, 2.24) is 14.7 Å². The summed E-state index contributed by atoms with van der Waals surface area (Å²) in [5, 5.41) is 0. The first kappa shape index (κ1) is 25.0. The van der Waals surface area contributed by atoms with Crippen molar-refractivity contribution in [2.45, 2.75) is 58.6 Å². The molecular weight excluding hydrogens is 422 g/mol. The average molecular weight is 460 g/mol. The normalized spacial score (nSPS) is 19.5. The summed E-state index contributed by atoms with van der Waals surface area (Å²) in [6.07, 6.45) is 2.01. The zero-order valence-electron chi connectivity index (χ0n) is 20.3. The molecule has 33 heavy (non-hydrogen) atoms. The quantitative estimate of drug-likeness (QED) is 0.460. The molecule has 0 saturated carbocycles. The third-order valence-corrected chi connectivity index (χ3v) is 6.00. The van der Waals surface area contributed by atoms with Crippen molar-refractivity contribution in [2.24, 2.45) is 0 Å². The number of piperazine rings is 1. The Labute approximate surface area is 196 Å². The van der Waals surface area contributed by atoms with E-state index < -0.39 is 17.7 Å². The van der Waals surface area contributed by atoms with Crippen molar-refractivity contribution in [3.05, 3.63) is 29.8 Å². The lowest BCUT2D eigenvalue weighted by Gasteiger charge is -2.37. The van der Waals surface area contributed by atoms with Crippen molar-refractivity contribution in [3.63, 3.8) is 0 Å². The first-order valence-electron chi connectivity index (χ1n) is 11.9. The van der Waals surface area contributed by atoms with Crippen LogP contribution in [0.1, 0.15) is 57.3 Å². The number of amides is 2. The summed E-state index contributed by atoms with van der Waals surface area (Å²) in [7, 11) is 0. The molecule has 0 aliphatic carbocycles. The summed E-state index contributed by atoms with van der Waals surface area (Å²) in [6.45, 7) is 12.1. The van der Waals surface area contributed by atoms with Crippen LogP contribution in [0.25, 0.3) is 0 Å². The lowest BCUT2D eigenvalue weighted by Crippen LogP contribution is -2.54. The molecule has 8 heteroatoms. The van der Waals surface area contributed by atoms with Gasteiger partial charge in [0.05, 0.1) is 6.61 Å². The number of hydrogen-bond acceptors (Lipinski definition) is 6. The topological polar surface area (TPSA) is 79.4 Å². The van der Waals surface area contributed by atoms with Crippen molar-refractivity contribution in [2.75, 3.05) is 45.9 Å². The number of nitrogens with zero attached hydrogens (tertiary/aromatic N) is 3. The largest absolute Gasteiger partial charge is 0.494 e. The minimum atomic E-state index is -0.569. The molecule has 2 fully saturated rings. The van der Waals surface area contributed by atoms with Crippen LogP contribution in [0.4, 0.5) is 4.79 Å². The van der Waals surface area contributed by atoms with Gasteiger partial charge in [-0.15, -0.1) is 0 Å². The number of benzene rings is 1. The summed E-state index contributed by atoms with van der Waals surface area (Å²) in [5.41, 5.74) is 0.113. The number of rotatable bonds is 7. The molecule has 3 rings (SSSR count). The van der Waals surface area contributed by atoms with Crippen LogP contribution in [0.2, 0.25) is 0 Å². The molecule has 182 valence electrons. The van der Waals surface area contributed by atoms with E-state index in [0.29, 0.717) is 38.2 Å². The maximum absolute atomic E-state index is 13.1. The lowest BCUT2D eigenvalue weighted by atomic mass is 10.1. The SMILES string of the molecule is CC(=O)c1ccc(OCCCN2CCN(C(=O)[C@H]3CCCN3C(=O)OC(C)(C)C)CC2)cc1. The fourth-order valence-electron chi connectivity index (χ4n) is 4.23. The van der Waals surface area contributed by atoms with E-state index in [-0.39, 0.29) is 11.7 Å². The number of ketones is 1. The molecule has 0 bridgehead atoms. The smallest absolute Gasteiger partial charge is 0.410 e. The van der Waals surface area contributed by atoms with Crippen molar-refractivity contribution >= 4 is 17.8 Å². The van der Waals surface area contributed by atoms with Crippen LogP contribution in [-0.4, -0.2) is 90.0 Å². The van der Waals surface area contributed by atoms with Crippen LogP contribution < -0.4 is 4.74 Å². The summed E-state index contributed by atoms with van der Waals surface area (Å²) in [5.74, 6) is 0.849. The van der Waals surface area contributed by atoms with Gasteiger partial charge in [-0.25, -0.2) is 4.79 Å². The van der Waals surface area contributed by atoms with Crippen LogP contribution in [0, 0.1) is 0 Å². The zero-order chi connectivity index (χ0) is 24.0. The van der Waals surface area contributed by atoms with E-state index in [1.54, 1.807) is 24.0 Å². The number of Topliss-reactive ketones (excluding diaryl/α,β-unsaturated/α-hetero) is 1. The minimum Gasteiger partial charge on any atom is -0.494 e. The van der Waals surface area contributed by atoms with Gasteiger partial charge in [0.1, 0.15) is 17.4 Å². The fourth-order valence-corrected chi connectivity index (χ4v) is 4.23. The average Bonchev–Trinajstić information content (AvgIpc) is 3.26. The molecule has 0 spiro atoms. The molecule has 2 saturated heterocycles. The monoisotopic (exact) mass is 459 g/mol. The zero-order valence-corrected chi connectivity index (χ0v) is 20.3. The summed E-state index contributed by atoms with van der Waals surface area (Å²) < 4.78 is 11.3. The molecule has 2 heterocycles. The van der Waals surface area contributed by atoms with E-state index in [0.717, 1.165) is 38.2 Å². The Morgan fingerprint density at radius 2 is 1.67 bits per heavy atom. The predicted molar refractivity (Wildman–Crippen MR) is 126 cm³/mol.